The van der Waals surface area contributed by atoms with Crippen LogP contribution in [-0.2, 0) is 19.7 Å². The van der Waals surface area contributed by atoms with E-state index in [9.17, 15) is 27.9 Å². The number of anilines is 1. The fourth-order valence-electron chi connectivity index (χ4n) is 3.18. The molecule has 3 aromatic carbocycles. The molecule has 0 aliphatic carbocycles. The first kappa shape index (κ1) is 25.5. The Balaban J connectivity index is 1.78. The van der Waals surface area contributed by atoms with Crippen LogP contribution in [0.4, 0.5) is 10.5 Å². The number of rotatable bonds is 5. The molecule has 1 aliphatic heterocycles. The van der Waals surface area contributed by atoms with Gasteiger partial charge < -0.3 is 9.29 Å². The lowest BCUT2D eigenvalue weighted by Gasteiger charge is -2.26. The molecule has 4 amide bonds. The van der Waals surface area contributed by atoms with Gasteiger partial charge in [-0.3, -0.25) is 14.9 Å². The minimum atomic E-state index is -4.41. The Labute approximate surface area is 219 Å². The predicted molar refractivity (Wildman–Crippen MR) is 133 cm³/mol. The molecule has 4 rings (SSSR count). The summed E-state index contributed by atoms with van der Waals surface area (Å²) in [6, 6.07) is 11.7. The highest BCUT2D eigenvalue weighted by Gasteiger charge is 2.37. The maximum atomic E-state index is 13.1. The maximum Gasteiger partial charge on any atom is 0.339 e. The van der Waals surface area contributed by atoms with Gasteiger partial charge in [-0.2, -0.15) is 8.42 Å². The second kappa shape index (κ2) is 9.82. The first-order valence-electron chi connectivity index (χ1n) is 9.86. The lowest BCUT2D eigenvalue weighted by molar-refractivity contribution is -0.122. The average molecular weight is 568 g/mol. The van der Waals surface area contributed by atoms with E-state index in [1.165, 1.54) is 60.7 Å². The monoisotopic (exact) mass is 566 g/mol. The Morgan fingerprint density at radius 3 is 2.17 bits per heavy atom. The van der Waals surface area contributed by atoms with Crippen LogP contribution in [0.1, 0.15) is 5.56 Å². The van der Waals surface area contributed by atoms with E-state index in [1.54, 1.807) is 0 Å². The largest absolute Gasteiger partial charge is 0.508 e. The summed E-state index contributed by atoms with van der Waals surface area (Å²) in [6.45, 7) is 0. The molecule has 9 nitrogen and oxygen atoms in total. The fourth-order valence-corrected chi connectivity index (χ4v) is 4.87. The van der Waals surface area contributed by atoms with Crippen molar-refractivity contribution in [2.45, 2.75) is 4.90 Å². The summed E-state index contributed by atoms with van der Waals surface area (Å²) in [5, 5.41) is 11.7. The van der Waals surface area contributed by atoms with Crippen LogP contribution in [0.2, 0.25) is 15.1 Å². The van der Waals surface area contributed by atoms with E-state index in [-0.39, 0.29) is 31.9 Å². The highest BCUT2D eigenvalue weighted by molar-refractivity contribution is 7.87. The zero-order valence-electron chi connectivity index (χ0n) is 17.7. The number of carbonyl (C=O) groups excluding carboxylic acids is 3. The van der Waals surface area contributed by atoms with E-state index in [4.69, 9.17) is 39.0 Å². The molecule has 1 aliphatic rings. The molecule has 0 spiro atoms. The summed E-state index contributed by atoms with van der Waals surface area (Å²) in [5.74, 6) is -2.57. The fraction of sp³-hybridized carbons (Fsp3) is 0. The van der Waals surface area contributed by atoms with E-state index in [0.29, 0.717) is 9.92 Å². The molecule has 0 unspecified atom stereocenters. The Morgan fingerprint density at radius 2 is 1.53 bits per heavy atom. The van der Waals surface area contributed by atoms with Crippen molar-refractivity contribution in [1.29, 1.82) is 0 Å². The number of amides is 4. The number of imide groups is 2. The first-order chi connectivity index (χ1) is 17.0. The number of benzene rings is 3. The zero-order chi connectivity index (χ0) is 26.2. The molecule has 1 fully saturated rings. The Bertz CT molecular complexity index is 1540. The molecule has 0 atom stereocenters. The van der Waals surface area contributed by atoms with Gasteiger partial charge in [0.05, 0.1) is 10.7 Å². The molecule has 1 heterocycles. The van der Waals surface area contributed by atoms with Crippen LogP contribution in [0, 0.1) is 0 Å². The van der Waals surface area contributed by atoms with Gasteiger partial charge in [-0.05, 0) is 66.7 Å². The second-order valence-electron chi connectivity index (χ2n) is 7.27. The van der Waals surface area contributed by atoms with Crippen molar-refractivity contribution in [3.63, 3.8) is 0 Å². The van der Waals surface area contributed by atoms with Gasteiger partial charge >= 0.3 is 16.1 Å². The van der Waals surface area contributed by atoms with Crippen molar-refractivity contribution < 1.29 is 32.1 Å². The Morgan fingerprint density at radius 1 is 0.889 bits per heavy atom. The number of urea groups is 1. The smallest absolute Gasteiger partial charge is 0.339 e. The van der Waals surface area contributed by atoms with Crippen LogP contribution in [0.3, 0.4) is 0 Å². The molecule has 1 saturated heterocycles. The third-order valence-electron chi connectivity index (χ3n) is 4.84. The molecule has 0 aromatic heterocycles. The lowest BCUT2D eigenvalue weighted by Crippen LogP contribution is -2.54. The lowest BCUT2D eigenvalue weighted by atomic mass is 10.1. The van der Waals surface area contributed by atoms with Crippen molar-refractivity contribution in [2.24, 2.45) is 0 Å². The van der Waals surface area contributed by atoms with Crippen LogP contribution in [-0.4, -0.2) is 31.4 Å². The van der Waals surface area contributed by atoms with Crippen LogP contribution in [0.25, 0.3) is 6.08 Å². The van der Waals surface area contributed by atoms with Gasteiger partial charge in [-0.15, -0.1) is 0 Å². The highest BCUT2D eigenvalue weighted by Crippen LogP contribution is 2.36. The van der Waals surface area contributed by atoms with Gasteiger partial charge in [0.15, 0.2) is 5.75 Å². The average Bonchev–Trinajstić information content (AvgIpc) is 2.80. The number of nitrogens with one attached hydrogen (secondary N) is 1. The van der Waals surface area contributed by atoms with Crippen molar-refractivity contribution in [1.82, 2.24) is 5.32 Å². The third kappa shape index (κ3) is 5.17. The number of aromatic hydroxyl groups is 1. The summed E-state index contributed by atoms with van der Waals surface area (Å²) in [7, 11) is -4.41. The minimum absolute atomic E-state index is 0.0539. The van der Waals surface area contributed by atoms with E-state index in [2.05, 4.69) is 0 Å². The second-order valence-corrected chi connectivity index (χ2v) is 10.1. The molecule has 3 aromatic rings. The van der Waals surface area contributed by atoms with Crippen molar-refractivity contribution in [3.05, 3.63) is 86.9 Å². The SMILES string of the molecule is O=C1NC(=O)N(c2ccc(O)cc2)C(=O)/C1=C/c1cc(Cl)cc(Cl)c1OS(=O)(=O)c1ccc(Cl)cc1. The number of carbonyl (C=O) groups is 3. The molecule has 2 N–H and O–H groups in total. The number of phenolic OH excluding ortho intramolecular Hbond substituents is 1. The summed E-state index contributed by atoms with van der Waals surface area (Å²) in [5.41, 5.74) is -0.585. The van der Waals surface area contributed by atoms with E-state index in [0.717, 1.165) is 6.08 Å². The third-order valence-corrected chi connectivity index (χ3v) is 6.83. The van der Waals surface area contributed by atoms with Gasteiger partial charge in [-0.25, -0.2) is 9.69 Å². The molecule has 36 heavy (non-hydrogen) atoms. The first-order valence-corrected chi connectivity index (χ1v) is 12.4. The minimum Gasteiger partial charge on any atom is -0.508 e. The zero-order valence-corrected chi connectivity index (χ0v) is 20.8. The van der Waals surface area contributed by atoms with Crippen molar-refractivity contribution in [3.8, 4) is 11.5 Å². The summed E-state index contributed by atoms with van der Waals surface area (Å²) >= 11 is 18.1. The Kier molecular flexibility index (Phi) is 6.96. The molecule has 0 bridgehead atoms. The summed E-state index contributed by atoms with van der Waals surface area (Å²) < 4.78 is 30.9. The molecular weight excluding hydrogens is 555 g/mol. The van der Waals surface area contributed by atoms with Gasteiger partial charge in [0, 0.05) is 15.6 Å². The number of barbiturate groups is 1. The number of nitrogens with zero attached hydrogens (tertiary/aromatic N) is 1. The predicted octanol–water partition coefficient (Wildman–Crippen LogP) is 4.79. The van der Waals surface area contributed by atoms with Crippen LogP contribution >= 0.6 is 34.8 Å². The molecule has 13 heteroatoms. The van der Waals surface area contributed by atoms with Crippen molar-refractivity contribution in [2.75, 3.05) is 4.90 Å². The summed E-state index contributed by atoms with van der Waals surface area (Å²) in [6.07, 6.45) is 1.00. The van der Waals surface area contributed by atoms with E-state index in [1.807, 2.05) is 5.32 Å². The standard InChI is InChI=1S/C23H13Cl3N2O7S/c24-13-1-7-17(8-2-13)36(33,34)35-20-12(9-14(25)11-19(20)26)10-18-21(30)27-23(32)28(22(18)31)15-3-5-16(29)6-4-15/h1-11,29H,(H,27,30,32)/b18-10+. The maximum absolute atomic E-state index is 13.1. The van der Waals surface area contributed by atoms with Crippen molar-refractivity contribution >= 4 is 74.5 Å². The quantitative estimate of drug-likeness (QED) is 0.258. The summed E-state index contributed by atoms with van der Waals surface area (Å²) in [4.78, 5) is 38.5. The van der Waals surface area contributed by atoms with Gasteiger partial charge in [0.2, 0.25) is 0 Å². The number of hydrogen-bond donors (Lipinski definition) is 2. The number of hydrogen-bond acceptors (Lipinski definition) is 7. The van der Waals surface area contributed by atoms with Crippen LogP contribution < -0.4 is 14.4 Å². The molecule has 184 valence electrons. The molecule has 0 saturated carbocycles. The Hall–Kier alpha value is -3.57. The topological polar surface area (TPSA) is 130 Å². The van der Waals surface area contributed by atoms with Gasteiger partial charge in [0.1, 0.15) is 16.2 Å². The van der Waals surface area contributed by atoms with Gasteiger partial charge in [0.25, 0.3) is 11.8 Å². The molecular formula is C23H13Cl3N2O7S. The van der Waals surface area contributed by atoms with Gasteiger partial charge in [-0.1, -0.05) is 34.8 Å². The molecule has 0 radical (unpaired) electrons. The van der Waals surface area contributed by atoms with E-state index < -0.39 is 39.3 Å². The highest BCUT2D eigenvalue weighted by atomic mass is 35.5. The number of phenols is 1. The normalized spacial score (nSPS) is 15.2. The van der Waals surface area contributed by atoms with E-state index >= 15 is 0 Å². The van der Waals surface area contributed by atoms with Crippen LogP contribution in [0.15, 0.2) is 71.1 Å². The number of halogens is 3. The van der Waals surface area contributed by atoms with Crippen LogP contribution in [0.5, 0.6) is 11.5 Å².